The van der Waals surface area contributed by atoms with Crippen molar-refractivity contribution in [2.75, 3.05) is 0 Å². The molecule has 0 amide bonds. The van der Waals surface area contributed by atoms with E-state index in [1.54, 1.807) is 0 Å². The van der Waals surface area contributed by atoms with E-state index in [4.69, 9.17) is 0 Å². The Balaban J connectivity index is 4.52. The Kier molecular flexibility index (Phi) is 9.47. The fourth-order valence-corrected chi connectivity index (χ4v) is 15.0. The van der Waals surface area contributed by atoms with Crippen LogP contribution in [0.5, 0.6) is 0 Å². The summed E-state index contributed by atoms with van der Waals surface area (Å²) in [4.78, 5) is 11.6. The van der Waals surface area contributed by atoms with Crippen molar-refractivity contribution in [3.63, 3.8) is 0 Å². The van der Waals surface area contributed by atoms with E-state index in [0.717, 1.165) is 51.8 Å². The van der Waals surface area contributed by atoms with E-state index in [9.17, 15) is 9.90 Å². The molecule has 0 aromatic carbocycles. The van der Waals surface area contributed by atoms with Crippen molar-refractivity contribution in [2.45, 2.75) is 72.6 Å². The van der Waals surface area contributed by atoms with Crippen LogP contribution in [0.25, 0.3) is 0 Å². The summed E-state index contributed by atoms with van der Waals surface area (Å²) in [6.07, 6.45) is 6.83. The SMILES string of the molecule is CCC[CH2][Sn]([CH2]CCC)([CH2]CCC)[C](=O)O. The fraction of sp³-hybridized carbons (Fsp3) is 0.923. The second-order valence-corrected chi connectivity index (χ2v) is 17.7. The summed E-state index contributed by atoms with van der Waals surface area (Å²) in [5.74, 6) is 0. The van der Waals surface area contributed by atoms with Crippen LogP contribution < -0.4 is 0 Å². The maximum absolute atomic E-state index is 11.6. The maximum atomic E-state index is 11.6. The van der Waals surface area contributed by atoms with Gasteiger partial charge in [0, 0.05) is 0 Å². The van der Waals surface area contributed by atoms with Crippen LogP contribution in [0.4, 0.5) is 4.79 Å². The molecule has 0 aliphatic heterocycles. The molecule has 0 aliphatic carbocycles. The minimum atomic E-state index is -2.83. The van der Waals surface area contributed by atoms with Crippen molar-refractivity contribution in [2.24, 2.45) is 0 Å². The Bertz CT molecular complexity index is 171. The molecule has 0 heterocycles. The Morgan fingerprint density at radius 3 is 1.38 bits per heavy atom. The zero-order valence-electron chi connectivity index (χ0n) is 11.2. The van der Waals surface area contributed by atoms with Crippen molar-refractivity contribution in [1.82, 2.24) is 0 Å². The molecule has 16 heavy (non-hydrogen) atoms. The van der Waals surface area contributed by atoms with E-state index in [1.807, 2.05) is 0 Å². The predicted molar refractivity (Wildman–Crippen MR) is 72.9 cm³/mol. The Morgan fingerprint density at radius 1 is 0.875 bits per heavy atom. The Labute approximate surface area is 105 Å². The van der Waals surface area contributed by atoms with Gasteiger partial charge in [0.15, 0.2) is 0 Å². The van der Waals surface area contributed by atoms with Gasteiger partial charge in [0.1, 0.15) is 0 Å². The Hall–Kier alpha value is 0.269. The molecule has 0 aromatic rings. The van der Waals surface area contributed by atoms with Gasteiger partial charge < -0.3 is 0 Å². The molecule has 0 radical (unpaired) electrons. The molecule has 0 aromatic heterocycles. The van der Waals surface area contributed by atoms with E-state index in [0.29, 0.717) is 0 Å². The first kappa shape index (κ1) is 16.3. The molecule has 1 N–H and O–H groups in total. The van der Waals surface area contributed by atoms with Gasteiger partial charge in [-0.05, 0) is 0 Å². The molecular weight excluding hydrogens is 307 g/mol. The minimum absolute atomic E-state index is 0.357. The summed E-state index contributed by atoms with van der Waals surface area (Å²) in [7, 11) is 0. The van der Waals surface area contributed by atoms with Gasteiger partial charge in [-0.25, -0.2) is 0 Å². The predicted octanol–water partition coefficient (Wildman–Crippen LogP) is 5.10. The first-order valence-corrected chi connectivity index (χ1v) is 14.3. The summed E-state index contributed by atoms with van der Waals surface area (Å²) in [6, 6.07) is 0. The van der Waals surface area contributed by atoms with Crippen molar-refractivity contribution in [3.05, 3.63) is 0 Å². The summed E-state index contributed by atoms with van der Waals surface area (Å²) in [5.41, 5.74) is 0. The zero-order valence-corrected chi connectivity index (χ0v) is 14.1. The van der Waals surface area contributed by atoms with Gasteiger partial charge in [-0.3, -0.25) is 0 Å². The van der Waals surface area contributed by atoms with E-state index in [1.165, 1.54) is 0 Å². The second-order valence-electron chi connectivity index (χ2n) is 4.90. The summed E-state index contributed by atoms with van der Waals surface area (Å²) in [6.45, 7) is 6.49. The van der Waals surface area contributed by atoms with Crippen LogP contribution in [-0.4, -0.2) is 27.5 Å². The molecule has 2 nitrogen and oxygen atoms in total. The molecule has 0 unspecified atom stereocenters. The summed E-state index contributed by atoms with van der Waals surface area (Å²) >= 11 is -2.83. The quantitative estimate of drug-likeness (QED) is 0.564. The third-order valence-corrected chi connectivity index (χ3v) is 17.3. The zero-order chi connectivity index (χ0) is 12.4. The fourth-order valence-electron chi connectivity index (χ4n) is 2.24. The van der Waals surface area contributed by atoms with Crippen molar-refractivity contribution < 1.29 is 9.90 Å². The molecule has 3 heteroatoms. The van der Waals surface area contributed by atoms with Crippen LogP contribution in [-0.2, 0) is 0 Å². The molecule has 0 saturated carbocycles. The van der Waals surface area contributed by atoms with E-state index in [-0.39, 0.29) is 3.99 Å². The van der Waals surface area contributed by atoms with Gasteiger partial charge in [-0.2, -0.15) is 0 Å². The molecule has 0 saturated heterocycles. The van der Waals surface area contributed by atoms with Crippen molar-refractivity contribution >= 4 is 22.4 Å². The first-order valence-electron chi connectivity index (χ1n) is 6.86. The topological polar surface area (TPSA) is 37.3 Å². The van der Waals surface area contributed by atoms with Crippen LogP contribution in [0.3, 0.4) is 0 Å². The summed E-state index contributed by atoms with van der Waals surface area (Å²) < 4.78 is 2.85. The third-order valence-electron chi connectivity index (χ3n) is 3.48. The molecule has 0 aliphatic rings. The van der Waals surface area contributed by atoms with Crippen LogP contribution in [0.1, 0.15) is 59.3 Å². The Morgan fingerprint density at radius 2 is 1.19 bits per heavy atom. The number of rotatable bonds is 10. The van der Waals surface area contributed by atoms with E-state index in [2.05, 4.69) is 20.8 Å². The van der Waals surface area contributed by atoms with Gasteiger partial charge >= 0.3 is 105 Å². The number of carbonyl (C=O) groups is 1. The van der Waals surface area contributed by atoms with Gasteiger partial charge in [0.25, 0.3) is 0 Å². The number of hydrogen-bond acceptors (Lipinski definition) is 1. The standard InChI is InChI=1S/3C4H9.CHO2.Sn/c3*1-3-4-2;2-1-3;/h3*1,3-4H2,2H3;(H,2,3);. The number of hydrogen-bond donors (Lipinski definition) is 1. The molecular formula is C13H28O2Sn. The first-order chi connectivity index (χ1) is 7.63. The average Bonchev–Trinajstić information content (AvgIpc) is 2.28. The molecule has 96 valence electrons. The van der Waals surface area contributed by atoms with Crippen LogP contribution in [0, 0.1) is 0 Å². The number of carboxylic acid groups (broad SMARTS) is 1. The molecule has 0 fully saturated rings. The van der Waals surface area contributed by atoms with Gasteiger partial charge in [0.05, 0.1) is 0 Å². The van der Waals surface area contributed by atoms with Crippen molar-refractivity contribution in [3.8, 4) is 0 Å². The van der Waals surface area contributed by atoms with Crippen LogP contribution in [0.15, 0.2) is 0 Å². The second kappa shape index (κ2) is 9.31. The normalized spacial score (nSPS) is 11.7. The van der Waals surface area contributed by atoms with Gasteiger partial charge in [-0.15, -0.1) is 0 Å². The van der Waals surface area contributed by atoms with E-state index >= 15 is 0 Å². The van der Waals surface area contributed by atoms with Gasteiger partial charge in [-0.1, -0.05) is 0 Å². The molecule has 0 atom stereocenters. The monoisotopic (exact) mass is 336 g/mol. The van der Waals surface area contributed by atoms with E-state index < -0.39 is 18.4 Å². The van der Waals surface area contributed by atoms with Crippen LogP contribution >= 0.6 is 0 Å². The molecule has 0 bridgehead atoms. The number of unbranched alkanes of at least 4 members (excludes halogenated alkanes) is 3. The van der Waals surface area contributed by atoms with Crippen LogP contribution in [0.2, 0.25) is 13.3 Å². The molecule has 0 spiro atoms. The average molecular weight is 335 g/mol. The summed E-state index contributed by atoms with van der Waals surface area (Å²) in [5, 5.41) is 9.60. The van der Waals surface area contributed by atoms with Gasteiger partial charge in [0.2, 0.25) is 0 Å². The third kappa shape index (κ3) is 5.55. The molecule has 0 rings (SSSR count). The van der Waals surface area contributed by atoms with Crippen molar-refractivity contribution in [1.29, 1.82) is 0 Å².